The second kappa shape index (κ2) is 11.2. The number of carbonyl (C=O) groups excluding carboxylic acids is 3. The first-order chi connectivity index (χ1) is 14.3. The molecule has 1 unspecified atom stereocenters. The van der Waals surface area contributed by atoms with Gasteiger partial charge >= 0.3 is 12.1 Å². The summed E-state index contributed by atoms with van der Waals surface area (Å²) in [6.07, 6.45) is -0.673. The summed E-state index contributed by atoms with van der Waals surface area (Å²) in [4.78, 5) is 37.0. The van der Waals surface area contributed by atoms with Crippen molar-refractivity contribution < 1.29 is 33.7 Å². The highest BCUT2D eigenvalue weighted by Crippen LogP contribution is 2.25. The molecule has 9 nitrogen and oxygen atoms in total. The normalized spacial score (nSPS) is 14.1. The van der Waals surface area contributed by atoms with Gasteiger partial charge in [-0.2, -0.15) is 0 Å². The molecule has 0 aromatic heterocycles. The van der Waals surface area contributed by atoms with E-state index in [0.29, 0.717) is 16.3 Å². The Hall–Kier alpha value is -2.52. The van der Waals surface area contributed by atoms with E-state index < -0.39 is 41.6 Å². The molecule has 10 heteroatoms. The van der Waals surface area contributed by atoms with Crippen LogP contribution in [0.4, 0.5) is 4.79 Å². The van der Waals surface area contributed by atoms with Crippen LogP contribution in [-0.4, -0.2) is 62.1 Å². The Balaban J connectivity index is 3.03. The number of aliphatic hydroxyl groups excluding tert-OH is 1. The van der Waals surface area contributed by atoms with E-state index in [9.17, 15) is 19.5 Å². The van der Waals surface area contributed by atoms with E-state index in [-0.39, 0.29) is 13.0 Å². The maximum atomic E-state index is 12.9. The van der Waals surface area contributed by atoms with Crippen molar-refractivity contribution in [1.29, 1.82) is 0 Å². The molecule has 2 amide bonds. The molecule has 0 spiro atoms. The van der Waals surface area contributed by atoms with Crippen LogP contribution >= 0.6 is 11.6 Å². The van der Waals surface area contributed by atoms with Crippen LogP contribution < -0.4 is 15.4 Å². The molecule has 1 aromatic rings. The number of methoxy groups -OCH3 is 2. The first kappa shape index (κ1) is 26.5. The van der Waals surface area contributed by atoms with Gasteiger partial charge in [0.1, 0.15) is 22.8 Å². The molecular formula is C21H31ClN2O7. The van der Waals surface area contributed by atoms with Crippen molar-refractivity contribution in [2.24, 2.45) is 5.41 Å². The molecule has 2 atom stereocenters. The van der Waals surface area contributed by atoms with E-state index >= 15 is 0 Å². The zero-order chi connectivity index (χ0) is 23.8. The average molecular weight is 459 g/mol. The molecule has 31 heavy (non-hydrogen) atoms. The second-order valence-corrected chi connectivity index (χ2v) is 8.71. The van der Waals surface area contributed by atoms with Crippen LogP contribution in [0.15, 0.2) is 18.2 Å². The number of esters is 1. The van der Waals surface area contributed by atoms with Crippen molar-refractivity contribution in [2.75, 3.05) is 27.4 Å². The number of halogens is 1. The van der Waals surface area contributed by atoms with Crippen molar-refractivity contribution in [3.05, 3.63) is 28.8 Å². The van der Waals surface area contributed by atoms with Gasteiger partial charge in [-0.1, -0.05) is 17.7 Å². The van der Waals surface area contributed by atoms with E-state index in [1.54, 1.807) is 39.0 Å². The highest BCUT2D eigenvalue weighted by atomic mass is 35.5. The molecular weight excluding hydrogens is 428 g/mol. The fourth-order valence-corrected chi connectivity index (χ4v) is 2.86. The van der Waals surface area contributed by atoms with Crippen LogP contribution in [0.2, 0.25) is 5.02 Å². The smallest absolute Gasteiger partial charge is 0.408 e. The molecule has 0 heterocycles. The van der Waals surface area contributed by atoms with Crippen molar-refractivity contribution in [3.8, 4) is 5.75 Å². The summed E-state index contributed by atoms with van der Waals surface area (Å²) < 4.78 is 15.1. The Morgan fingerprint density at radius 3 is 2.29 bits per heavy atom. The van der Waals surface area contributed by atoms with Gasteiger partial charge in [-0.05, 0) is 45.4 Å². The van der Waals surface area contributed by atoms with Crippen LogP contribution in [0.5, 0.6) is 5.75 Å². The molecule has 0 fully saturated rings. The van der Waals surface area contributed by atoms with E-state index in [1.807, 2.05) is 0 Å². The quantitative estimate of drug-likeness (QED) is 0.484. The molecule has 0 bridgehead atoms. The lowest BCUT2D eigenvalue weighted by atomic mass is 9.91. The highest BCUT2D eigenvalue weighted by molar-refractivity contribution is 6.32. The third-order valence-electron chi connectivity index (χ3n) is 4.34. The summed E-state index contributed by atoms with van der Waals surface area (Å²) in [5.74, 6) is -0.765. The Morgan fingerprint density at radius 1 is 1.16 bits per heavy atom. The molecule has 0 aliphatic rings. The average Bonchev–Trinajstić information content (AvgIpc) is 2.69. The molecule has 3 N–H and O–H groups in total. The summed E-state index contributed by atoms with van der Waals surface area (Å²) in [5.41, 5.74) is -1.42. The van der Waals surface area contributed by atoms with Crippen LogP contribution in [0.1, 0.15) is 33.3 Å². The lowest BCUT2D eigenvalue weighted by Gasteiger charge is -2.27. The Labute approximate surface area is 187 Å². The summed E-state index contributed by atoms with van der Waals surface area (Å²) in [5, 5.41) is 15.0. The monoisotopic (exact) mass is 458 g/mol. The minimum Gasteiger partial charge on any atom is -0.495 e. The van der Waals surface area contributed by atoms with Crippen LogP contribution in [-0.2, 0) is 25.5 Å². The summed E-state index contributed by atoms with van der Waals surface area (Å²) in [6.45, 7) is 5.84. The number of carbonyl (C=O) groups is 3. The van der Waals surface area contributed by atoms with Gasteiger partial charge in [0.2, 0.25) is 5.91 Å². The van der Waals surface area contributed by atoms with Crippen molar-refractivity contribution in [1.82, 2.24) is 10.6 Å². The van der Waals surface area contributed by atoms with Gasteiger partial charge in [-0.25, -0.2) is 4.79 Å². The van der Waals surface area contributed by atoms with E-state index in [1.165, 1.54) is 21.1 Å². The number of aliphatic hydroxyl groups is 1. The molecule has 174 valence electrons. The number of ether oxygens (including phenoxy) is 3. The highest BCUT2D eigenvalue weighted by Gasteiger charge is 2.35. The standard InChI is InChI=1S/C21H31ClN2O7/c1-20(2,3)31-19(28)24-15(10-13-7-8-16(29-5)14(22)9-13)17(26)23-11-21(4,12-25)18(27)30-6/h7-9,15,25H,10-12H2,1-6H3,(H,23,26)(H,24,28)/t15-,21?/m1/s1. The Morgan fingerprint density at radius 2 is 1.81 bits per heavy atom. The number of nitrogens with one attached hydrogen (secondary N) is 2. The first-order valence-electron chi connectivity index (χ1n) is 9.64. The third-order valence-corrected chi connectivity index (χ3v) is 4.64. The second-order valence-electron chi connectivity index (χ2n) is 8.30. The maximum Gasteiger partial charge on any atom is 0.408 e. The van der Waals surface area contributed by atoms with Crippen LogP contribution in [0.25, 0.3) is 0 Å². The fourth-order valence-electron chi connectivity index (χ4n) is 2.58. The van der Waals surface area contributed by atoms with Crippen molar-refractivity contribution in [3.63, 3.8) is 0 Å². The minimum atomic E-state index is -1.33. The Bertz CT molecular complexity index is 794. The third kappa shape index (κ3) is 8.26. The summed E-state index contributed by atoms with van der Waals surface area (Å²) in [7, 11) is 2.68. The van der Waals surface area contributed by atoms with Crippen molar-refractivity contribution in [2.45, 2.75) is 45.8 Å². The van der Waals surface area contributed by atoms with Gasteiger partial charge in [0.05, 0.1) is 25.8 Å². The van der Waals surface area contributed by atoms with Gasteiger partial charge in [0.25, 0.3) is 0 Å². The predicted octanol–water partition coefficient (Wildman–Crippen LogP) is 2.07. The number of hydrogen-bond acceptors (Lipinski definition) is 7. The minimum absolute atomic E-state index is 0.100. The van der Waals surface area contributed by atoms with Gasteiger partial charge in [-0.15, -0.1) is 0 Å². The largest absolute Gasteiger partial charge is 0.495 e. The van der Waals surface area contributed by atoms with Gasteiger partial charge in [-0.3, -0.25) is 9.59 Å². The van der Waals surface area contributed by atoms with E-state index in [0.717, 1.165) is 0 Å². The van der Waals surface area contributed by atoms with Crippen LogP contribution in [0, 0.1) is 5.41 Å². The molecule has 0 aliphatic carbocycles. The maximum absolute atomic E-state index is 12.9. The number of benzene rings is 1. The van der Waals surface area contributed by atoms with Crippen molar-refractivity contribution >= 4 is 29.6 Å². The number of amides is 2. The Kier molecular flexibility index (Phi) is 9.58. The first-order valence-corrected chi connectivity index (χ1v) is 10.0. The van der Waals surface area contributed by atoms with E-state index in [2.05, 4.69) is 15.4 Å². The molecule has 0 saturated heterocycles. The molecule has 0 radical (unpaired) electrons. The summed E-state index contributed by atoms with van der Waals surface area (Å²) >= 11 is 6.16. The lowest BCUT2D eigenvalue weighted by molar-refractivity contribution is -0.154. The van der Waals surface area contributed by atoms with Gasteiger partial charge in [0.15, 0.2) is 0 Å². The lowest BCUT2D eigenvalue weighted by Crippen LogP contribution is -2.52. The zero-order valence-electron chi connectivity index (χ0n) is 18.7. The molecule has 0 aliphatic heterocycles. The number of alkyl carbamates (subject to hydrolysis) is 1. The fraction of sp³-hybridized carbons (Fsp3) is 0.571. The zero-order valence-corrected chi connectivity index (χ0v) is 19.5. The SMILES string of the molecule is COC(=O)C(C)(CO)CNC(=O)[C@@H](Cc1ccc(OC)c(Cl)c1)NC(=O)OC(C)(C)C. The number of rotatable bonds is 9. The predicted molar refractivity (Wildman–Crippen MR) is 115 cm³/mol. The molecule has 1 aromatic carbocycles. The molecule has 1 rings (SSSR count). The number of hydrogen-bond donors (Lipinski definition) is 3. The summed E-state index contributed by atoms with van der Waals surface area (Å²) in [6, 6.07) is 3.97. The molecule has 0 saturated carbocycles. The van der Waals surface area contributed by atoms with Gasteiger partial charge < -0.3 is 30.0 Å². The topological polar surface area (TPSA) is 123 Å². The van der Waals surface area contributed by atoms with Crippen LogP contribution in [0.3, 0.4) is 0 Å². The van der Waals surface area contributed by atoms with E-state index in [4.69, 9.17) is 21.1 Å². The van der Waals surface area contributed by atoms with Gasteiger partial charge in [0, 0.05) is 13.0 Å².